The zero-order chi connectivity index (χ0) is 19.7. The van der Waals surface area contributed by atoms with E-state index in [4.69, 9.17) is 10.5 Å². The van der Waals surface area contributed by atoms with Gasteiger partial charge in [-0.05, 0) is 25.7 Å². The third-order valence-electron chi connectivity index (χ3n) is 7.32. The standard InChI is InChI=1S/C21H37N3O3/c1-4-27-17-15-21(22,20(17,2)3)19(26)24-12-10-23(11-13-24)18(25)14-16-8-6-5-7-9-16/h16-17H,4-15,22H2,1-3H3. The van der Waals surface area contributed by atoms with Gasteiger partial charge >= 0.3 is 0 Å². The van der Waals surface area contributed by atoms with Gasteiger partial charge in [-0.2, -0.15) is 0 Å². The maximum Gasteiger partial charge on any atom is 0.243 e. The monoisotopic (exact) mass is 379 g/mol. The van der Waals surface area contributed by atoms with Crippen molar-refractivity contribution in [1.82, 2.24) is 9.80 Å². The Morgan fingerprint density at radius 1 is 1.04 bits per heavy atom. The molecule has 0 radical (unpaired) electrons. The molecule has 6 heteroatoms. The van der Waals surface area contributed by atoms with E-state index in [9.17, 15) is 9.59 Å². The van der Waals surface area contributed by atoms with Gasteiger partial charge in [-0.15, -0.1) is 0 Å². The molecule has 2 atom stereocenters. The second-order valence-electron chi connectivity index (χ2n) is 9.22. The number of nitrogens with zero attached hydrogens (tertiary/aromatic N) is 2. The zero-order valence-electron chi connectivity index (χ0n) is 17.3. The SMILES string of the molecule is CCOC1CC(N)(C(=O)N2CCN(C(=O)CC3CCCCC3)CC2)C1(C)C. The van der Waals surface area contributed by atoms with Crippen molar-refractivity contribution in [2.45, 2.75) is 77.4 Å². The number of rotatable bonds is 5. The van der Waals surface area contributed by atoms with Crippen LogP contribution in [0, 0.1) is 11.3 Å². The summed E-state index contributed by atoms with van der Waals surface area (Å²) in [5.41, 5.74) is 5.31. The molecular weight excluding hydrogens is 342 g/mol. The van der Waals surface area contributed by atoms with Gasteiger partial charge < -0.3 is 20.3 Å². The Balaban J connectivity index is 1.50. The maximum atomic E-state index is 13.1. The lowest BCUT2D eigenvalue weighted by Gasteiger charge is -2.59. The van der Waals surface area contributed by atoms with Gasteiger partial charge in [-0.25, -0.2) is 0 Å². The van der Waals surface area contributed by atoms with Crippen LogP contribution in [0.4, 0.5) is 0 Å². The summed E-state index contributed by atoms with van der Waals surface area (Å²) in [4.78, 5) is 29.5. The highest BCUT2D eigenvalue weighted by atomic mass is 16.5. The lowest BCUT2D eigenvalue weighted by atomic mass is 9.54. The van der Waals surface area contributed by atoms with E-state index in [1.807, 2.05) is 30.6 Å². The van der Waals surface area contributed by atoms with Crippen LogP contribution < -0.4 is 5.73 Å². The fraction of sp³-hybridized carbons (Fsp3) is 0.905. The van der Waals surface area contributed by atoms with Crippen LogP contribution in [-0.2, 0) is 14.3 Å². The summed E-state index contributed by atoms with van der Waals surface area (Å²) in [6.07, 6.45) is 7.51. The van der Waals surface area contributed by atoms with Crippen LogP contribution >= 0.6 is 0 Å². The Hall–Kier alpha value is -1.14. The summed E-state index contributed by atoms with van der Waals surface area (Å²) < 4.78 is 5.74. The van der Waals surface area contributed by atoms with Gasteiger partial charge in [0.05, 0.1) is 6.10 Å². The zero-order valence-corrected chi connectivity index (χ0v) is 17.3. The fourth-order valence-electron chi connectivity index (χ4n) is 5.01. The number of carbonyl (C=O) groups excluding carboxylic acids is 2. The highest BCUT2D eigenvalue weighted by Gasteiger charge is 2.63. The molecule has 3 rings (SSSR count). The van der Waals surface area contributed by atoms with Crippen molar-refractivity contribution in [2.75, 3.05) is 32.8 Å². The van der Waals surface area contributed by atoms with Crippen LogP contribution in [-0.4, -0.2) is 66.0 Å². The minimum Gasteiger partial charge on any atom is -0.378 e. The predicted octanol–water partition coefficient (Wildman–Crippen LogP) is 2.16. The summed E-state index contributed by atoms with van der Waals surface area (Å²) in [7, 11) is 0. The quantitative estimate of drug-likeness (QED) is 0.794. The van der Waals surface area contributed by atoms with Crippen molar-refractivity contribution in [3.63, 3.8) is 0 Å². The number of ether oxygens (including phenoxy) is 1. The molecular formula is C21H37N3O3. The molecule has 0 aromatic carbocycles. The number of carbonyl (C=O) groups is 2. The number of nitrogens with two attached hydrogens (primary N) is 1. The summed E-state index contributed by atoms with van der Waals surface area (Å²) in [5, 5.41) is 0. The molecule has 2 N–H and O–H groups in total. The van der Waals surface area contributed by atoms with Crippen molar-refractivity contribution >= 4 is 11.8 Å². The predicted molar refractivity (Wildman–Crippen MR) is 105 cm³/mol. The fourth-order valence-corrected chi connectivity index (χ4v) is 5.01. The van der Waals surface area contributed by atoms with Gasteiger partial charge in [0.25, 0.3) is 0 Å². The molecule has 2 unspecified atom stereocenters. The molecule has 2 amide bonds. The van der Waals surface area contributed by atoms with Gasteiger partial charge in [0, 0.05) is 51.0 Å². The molecule has 0 bridgehead atoms. The average molecular weight is 380 g/mol. The van der Waals surface area contributed by atoms with Gasteiger partial charge in [-0.3, -0.25) is 9.59 Å². The van der Waals surface area contributed by atoms with Crippen LogP contribution in [0.1, 0.15) is 65.7 Å². The average Bonchev–Trinajstić information content (AvgIpc) is 2.68. The third-order valence-corrected chi connectivity index (χ3v) is 7.32. The molecule has 3 fully saturated rings. The van der Waals surface area contributed by atoms with E-state index in [0.29, 0.717) is 51.5 Å². The number of amides is 2. The third kappa shape index (κ3) is 3.88. The number of piperazine rings is 1. The first kappa shape index (κ1) is 20.6. The second kappa shape index (κ2) is 8.08. The maximum absolute atomic E-state index is 13.1. The topological polar surface area (TPSA) is 75.9 Å². The van der Waals surface area contributed by atoms with E-state index in [0.717, 1.165) is 0 Å². The molecule has 6 nitrogen and oxygen atoms in total. The summed E-state index contributed by atoms with van der Waals surface area (Å²) >= 11 is 0. The van der Waals surface area contributed by atoms with Crippen LogP contribution in [0.5, 0.6) is 0 Å². The molecule has 1 saturated heterocycles. The van der Waals surface area contributed by atoms with Crippen molar-refractivity contribution in [2.24, 2.45) is 17.1 Å². The number of hydrogen-bond acceptors (Lipinski definition) is 4. The van der Waals surface area contributed by atoms with Gasteiger partial charge in [0.15, 0.2) is 0 Å². The first-order chi connectivity index (χ1) is 12.8. The summed E-state index contributed by atoms with van der Waals surface area (Å²) in [6.45, 7) is 9.09. The molecule has 27 heavy (non-hydrogen) atoms. The van der Waals surface area contributed by atoms with Crippen molar-refractivity contribution in [1.29, 1.82) is 0 Å². The van der Waals surface area contributed by atoms with E-state index in [1.54, 1.807) is 0 Å². The Kier molecular flexibility index (Phi) is 6.16. The van der Waals surface area contributed by atoms with Gasteiger partial charge in [0.2, 0.25) is 11.8 Å². The van der Waals surface area contributed by atoms with Crippen LogP contribution in [0.15, 0.2) is 0 Å². The first-order valence-corrected chi connectivity index (χ1v) is 10.8. The molecule has 0 aromatic rings. The molecule has 1 heterocycles. The lowest BCUT2D eigenvalue weighted by Crippen LogP contribution is -2.76. The van der Waals surface area contributed by atoms with Crippen molar-refractivity contribution in [3.05, 3.63) is 0 Å². The Morgan fingerprint density at radius 2 is 1.63 bits per heavy atom. The highest BCUT2D eigenvalue weighted by Crippen LogP contribution is 2.50. The smallest absolute Gasteiger partial charge is 0.243 e. The molecule has 2 saturated carbocycles. The number of hydrogen-bond donors (Lipinski definition) is 1. The molecule has 0 spiro atoms. The normalized spacial score (nSPS) is 31.5. The summed E-state index contributed by atoms with van der Waals surface area (Å²) in [6, 6.07) is 0. The first-order valence-electron chi connectivity index (χ1n) is 10.8. The molecule has 3 aliphatic rings. The largest absolute Gasteiger partial charge is 0.378 e. The highest BCUT2D eigenvalue weighted by molar-refractivity contribution is 5.89. The Bertz CT molecular complexity index is 551. The molecule has 1 aliphatic heterocycles. The molecule has 2 aliphatic carbocycles. The van der Waals surface area contributed by atoms with Gasteiger partial charge in [0.1, 0.15) is 5.54 Å². The second-order valence-corrected chi connectivity index (χ2v) is 9.22. The van der Waals surface area contributed by atoms with E-state index < -0.39 is 5.54 Å². The van der Waals surface area contributed by atoms with Gasteiger partial charge in [-0.1, -0.05) is 33.1 Å². The Labute approximate surface area is 163 Å². The summed E-state index contributed by atoms with van der Waals surface area (Å²) in [5.74, 6) is 0.837. The minimum atomic E-state index is -0.860. The van der Waals surface area contributed by atoms with E-state index >= 15 is 0 Å². The van der Waals surface area contributed by atoms with E-state index in [2.05, 4.69) is 0 Å². The van der Waals surface area contributed by atoms with Crippen LogP contribution in [0.25, 0.3) is 0 Å². The van der Waals surface area contributed by atoms with Crippen molar-refractivity contribution < 1.29 is 14.3 Å². The van der Waals surface area contributed by atoms with Crippen molar-refractivity contribution in [3.8, 4) is 0 Å². The molecule has 0 aromatic heterocycles. The lowest BCUT2D eigenvalue weighted by molar-refractivity contribution is -0.180. The molecule has 154 valence electrons. The van der Waals surface area contributed by atoms with Crippen LogP contribution in [0.2, 0.25) is 0 Å². The Morgan fingerprint density at radius 3 is 2.19 bits per heavy atom. The minimum absolute atomic E-state index is 0.0165. The van der Waals surface area contributed by atoms with E-state index in [1.165, 1.54) is 32.1 Å². The van der Waals surface area contributed by atoms with E-state index in [-0.39, 0.29) is 23.3 Å². The van der Waals surface area contributed by atoms with Crippen LogP contribution in [0.3, 0.4) is 0 Å².